The Labute approximate surface area is 157 Å². The summed E-state index contributed by atoms with van der Waals surface area (Å²) in [4.78, 5) is 2.30. The SMILES string of the molecule is COC/C(=C\CO)C(C(C)C)N(C)c1ccc(-c2ccccc2)cc1C. The minimum absolute atomic E-state index is 0.0294. The fourth-order valence-electron chi connectivity index (χ4n) is 3.68. The summed E-state index contributed by atoms with van der Waals surface area (Å²) in [7, 11) is 3.82. The van der Waals surface area contributed by atoms with Crippen molar-refractivity contribution in [2.24, 2.45) is 5.92 Å². The van der Waals surface area contributed by atoms with E-state index in [-0.39, 0.29) is 12.6 Å². The quantitative estimate of drug-likeness (QED) is 0.699. The molecule has 140 valence electrons. The molecule has 2 aromatic rings. The molecule has 1 atom stereocenters. The van der Waals surface area contributed by atoms with Crippen LogP contribution >= 0.6 is 0 Å². The largest absolute Gasteiger partial charge is 0.392 e. The molecule has 1 N–H and O–H groups in total. The van der Waals surface area contributed by atoms with Gasteiger partial charge < -0.3 is 14.7 Å². The Hall–Kier alpha value is -2.10. The molecule has 0 heterocycles. The van der Waals surface area contributed by atoms with Crippen LogP contribution in [0.3, 0.4) is 0 Å². The van der Waals surface area contributed by atoms with Gasteiger partial charge in [0.25, 0.3) is 0 Å². The van der Waals surface area contributed by atoms with Gasteiger partial charge in [-0.3, -0.25) is 0 Å². The van der Waals surface area contributed by atoms with Crippen LogP contribution in [0.1, 0.15) is 19.4 Å². The van der Waals surface area contributed by atoms with Gasteiger partial charge in [-0.25, -0.2) is 0 Å². The topological polar surface area (TPSA) is 32.7 Å². The van der Waals surface area contributed by atoms with Crippen molar-refractivity contribution in [1.82, 2.24) is 0 Å². The lowest BCUT2D eigenvalue weighted by molar-refractivity contribution is 0.215. The van der Waals surface area contributed by atoms with E-state index >= 15 is 0 Å². The lowest BCUT2D eigenvalue weighted by Gasteiger charge is -2.36. The summed E-state index contributed by atoms with van der Waals surface area (Å²) in [6, 6.07) is 17.2. The Balaban J connectivity index is 2.37. The highest BCUT2D eigenvalue weighted by atomic mass is 16.5. The van der Waals surface area contributed by atoms with E-state index in [0.717, 1.165) is 5.57 Å². The maximum absolute atomic E-state index is 9.41. The number of nitrogens with zero attached hydrogens (tertiary/aromatic N) is 1. The molecule has 0 radical (unpaired) electrons. The molecule has 26 heavy (non-hydrogen) atoms. The standard InChI is InChI=1S/C23H31NO2/c1-17(2)23(21(13-14-25)16-26-5)24(4)22-12-11-20(15-18(22)3)19-9-7-6-8-10-19/h6-13,15,17,23,25H,14,16H2,1-5H3/b21-13+. The third-order valence-corrected chi connectivity index (χ3v) is 4.78. The van der Waals surface area contributed by atoms with Gasteiger partial charge in [0.15, 0.2) is 0 Å². The van der Waals surface area contributed by atoms with Crippen LogP contribution in [-0.2, 0) is 4.74 Å². The Morgan fingerprint density at radius 2 is 1.81 bits per heavy atom. The highest BCUT2D eigenvalue weighted by molar-refractivity contribution is 5.69. The number of rotatable bonds is 8. The monoisotopic (exact) mass is 353 g/mol. The summed E-state index contributed by atoms with van der Waals surface area (Å²) in [5.74, 6) is 0.390. The van der Waals surface area contributed by atoms with Crippen molar-refractivity contribution >= 4 is 5.69 Å². The van der Waals surface area contributed by atoms with Crippen LogP contribution in [0.15, 0.2) is 60.2 Å². The molecule has 0 bridgehead atoms. The van der Waals surface area contributed by atoms with E-state index in [1.54, 1.807) is 7.11 Å². The first-order valence-electron chi connectivity index (χ1n) is 9.17. The van der Waals surface area contributed by atoms with Crippen LogP contribution in [0, 0.1) is 12.8 Å². The lowest BCUT2D eigenvalue weighted by atomic mass is 9.93. The predicted octanol–water partition coefficient (Wildman–Crippen LogP) is 4.69. The fourth-order valence-corrected chi connectivity index (χ4v) is 3.68. The average Bonchev–Trinajstić information content (AvgIpc) is 2.62. The molecule has 0 amide bonds. The summed E-state index contributed by atoms with van der Waals surface area (Å²) in [5, 5.41) is 9.41. The van der Waals surface area contributed by atoms with Gasteiger partial charge in [-0.2, -0.15) is 0 Å². The third kappa shape index (κ3) is 4.75. The van der Waals surface area contributed by atoms with Crippen molar-refractivity contribution in [3.8, 4) is 11.1 Å². The lowest BCUT2D eigenvalue weighted by Crippen LogP contribution is -2.39. The number of likely N-dealkylation sites (N-methyl/N-ethyl adjacent to an activating group) is 1. The molecular weight excluding hydrogens is 322 g/mol. The average molecular weight is 354 g/mol. The van der Waals surface area contributed by atoms with Gasteiger partial charge in [-0.1, -0.05) is 56.3 Å². The molecule has 0 spiro atoms. The van der Waals surface area contributed by atoms with E-state index < -0.39 is 0 Å². The summed E-state index contributed by atoms with van der Waals surface area (Å²) < 4.78 is 5.37. The van der Waals surface area contributed by atoms with Crippen molar-refractivity contribution in [3.63, 3.8) is 0 Å². The maximum atomic E-state index is 9.41. The molecule has 0 aliphatic rings. The fraction of sp³-hybridized carbons (Fsp3) is 0.391. The summed E-state index contributed by atoms with van der Waals surface area (Å²) in [6.45, 7) is 7.11. The van der Waals surface area contributed by atoms with Crippen molar-refractivity contribution in [2.45, 2.75) is 26.8 Å². The zero-order valence-corrected chi connectivity index (χ0v) is 16.6. The highest BCUT2D eigenvalue weighted by Crippen LogP contribution is 2.30. The first kappa shape index (κ1) is 20.2. The molecule has 3 nitrogen and oxygen atoms in total. The normalized spacial score (nSPS) is 13.1. The second-order valence-electron chi connectivity index (χ2n) is 7.06. The summed E-state index contributed by atoms with van der Waals surface area (Å²) in [6.07, 6.45) is 1.87. The van der Waals surface area contributed by atoms with Crippen LogP contribution in [0.4, 0.5) is 5.69 Å². The van der Waals surface area contributed by atoms with Gasteiger partial charge in [0, 0.05) is 19.8 Å². The van der Waals surface area contributed by atoms with E-state index in [4.69, 9.17) is 4.74 Å². The van der Waals surface area contributed by atoms with Gasteiger partial charge in [0.05, 0.1) is 19.3 Å². The molecule has 0 saturated heterocycles. The molecule has 0 fully saturated rings. The molecule has 0 aromatic heterocycles. The van der Waals surface area contributed by atoms with E-state index in [0.29, 0.717) is 12.5 Å². The van der Waals surface area contributed by atoms with Gasteiger partial charge in [-0.05, 0) is 47.2 Å². The zero-order chi connectivity index (χ0) is 19.1. The van der Waals surface area contributed by atoms with Gasteiger partial charge in [-0.15, -0.1) is 0 Å². The molecule has 0 aliphatic heterocycles. The smallest absolute Gasteiger partial charge is 0.0693 e. The molecule has 2 aromatic carbocycles. The van der Waals surface area contributed by atoms with Crippen LogP contribution in [0.25, 0.3) is 11.1 Å². The number of aliphatic hydroxyl groups excluding tert-OH is 1. The number of aryl methyl sites for hydroxylation is 1. The number of benzene rings is 2. The number of aliphatic hydroxyl groups is 1. The zero-order valence-electron chi connectivity index (χ0n) is 16.6. The summed E-state index contributed by atoms with van der Waals surface area (Å²) in [5.41, 5.74) is 6.00. The van der Waals surface area contributed by atoms with E-state index in [1.807, 2.05) is 12.1 Å². The van der Waals surface area contributed by atoms with E-state index in [9.17, 15) is 5.11 Å². The highest BCUT2D eigenvalue weighted by Gasteiger charge is 2.24. The predicted molar refractivity (Wildman–Crippen MR) is 111 cm³/mol. The first-order valence-corrected chi connectivity index (χ1v) is 9.17. The third-order valence-electron chi connectivity index (χ3n) is 4.78. The van der Waals surface area contributed by atoms with Crippen molar-refractivity contribution in [3.05, 3.63) is 65.7 Å². The first-order chi connectivity index (χ1) is 12.5. The van der Waals surface area contributed by atoms with Crippen molar-refractivity contribution in [2.75, 3.05) is 32.3 Å². The Morgan fingerprint density at radius 1 is 1.12 bits per heavy atom. The molecule has 3 heteroatoms. The molecule has 0 saturated carbocycles. The minimum Gasteiger partial charge on any atom is -0.392 e. The number of hydrogen-bond donors (Lipinski definition) is 1. The van der Waals surface area contributed by atoms with Crippen molar-refractivity contribution in [1.29, 1.82) is 0 Å². The van der Waals surface area contributed by atoms with Crippen LogP contribution in [-0.4, -0.2) is 38.5 Å². The van der Waals surface area contributed by atoms with Gasteiger partial charge in [0.1, 0.15) is 0 Å². The van der Waals surface area contributed by atoms with Crippen LogP contribution in [0.5, 0.6) is 0 Å². The van der Waals surface area contributed by atoms with Gasteiger partial charge in [0.2, 0.25) is 0 Å². The number of methoxy groups -OCH3 is 1. The van der Waals surface area contributed by atoms with Gasteiger partial charge >= 0.3 is 0 Å². The Kier molecular flexibility index (Phi) is 7.43. The van der Waals surface area contributed by atoms with E-state index in [2.05, 4.69) is 75.2 Å². The molecule has 1 unspecified atom stereocenters. The number of hydrogen-bond acceptors (Lipinski definition) is 3. The van der Waals surface area contributed by atoms with Crippen LogP contribution in [0.2, 0.25) is 0 Å². The van der Waals surface area contributed by atoms with Crippen LogP contribution < -0.4 is 4.90 Å². The maximum Gasteiger partial charge on any atom is 0.0693 e. The summed E-state index contributed by atoms with van der Waals surface area (Å²) >= 11 is 0. The second kappa shape index (κ2) is 9.56. The Morgan fingerprint density at radius 3 is 2.35 bits per heavy atom. The van der Waals surface area contributed by atoms with Crippen molar-refractivity contribution < 1.29 is 9.84 Å². The minimum atomic E-state index is 0.0294. The van der Waals surface area contributed by atoms with E-state index in [1.165, 1.54) is 22.4 Å². The second-order valence-corrected chi connectivity index (χ2v) is 7.06. The Bertz CT molecular complexity index is 722. The number of anilines is 1. The number of ether oxygens (including phenoxy) is 1. The molecular formula is C23H31NO2. The molecule has 2 rings (SSSR count). The molecule has 0 aliphatic carbocycles.